The Labute approximate surface area is 185 Å². The molecule has 1 unspecified atom stereocenters. The molecule has 2 heterocycles. The third-order valence-corrected chi connectivity index (χ3v) is 5.83. The van der Waals surface area contributed by atoms with Gasteiger partial charge >= 0.3 is 5.97 Å². The number of amidine groups is 1. The number of hydroxylamine groups is 1. The molecule has 160 valence electrons. The third-order valence-electron chi connectivity index (χ3n) is 5.83. The van der Waals surface area contributed by atoms with E-state index in [1.54, 1.807) is 10.8 Å². The SMILES string of the molecule is Cc1ccccc1-c1ccc(C2N=C(c3ccc4c(ccn4CC(=O)O)c3)NO2)cc1C. The van der Waals surface area contributed by atoms with Gasteiger partial charge in [0.25, 0.3) is 0 Å². The van der Waals surface area contributed by atoms with Crippen LogP contribution in [0.1, 0.15) is 28.5 Å². The Bertz CT molecular complexity index is 1370. The lowest BCUT2D eigenvalue weighted by molar-refractivity contribution is -0.137. The van der Waals surface area contributed by atoms with Gasteiger partial charge in [-0.2, -0.15) is 0 Å². The van der Waals surface area contributed by atoms with Crippen LogP contribution in [0, 0.1) is 13.8 Å². The van der Waals surface area contributed by atoms with Crippen LogP contribution in [0.3, 0.4) is 0 Å². The van der Waals surface area contributed by atoms with E-state index in [9.17, 15) is 4.79 Å². The summed E-state index contributed by atoms with van der Waals surface area (Å²) < 4.78 is 1.71. The molecule has 0 spiro atoms. The number of aryl methyl sites for hydroxylation is 2. The van der Waals surface area contributed by atoms with Gasteiger partial charge in [-0.1, -0.05) is 42.5 Å². The number of carbonyl (C=O) groups is 1. The van der Waals surface area contributed by atoms with Gasteiger partial charge < -0.3 is 9.67 Å². The first kappa shape index (κ1) is 20.0. The highest BCUT2D eigenvalue weighted by molar-refractivity contribution is 6.02. The molecule has 6 nitrogen and oxygen atoms in total. The molecule has 0 saturated heterocycles. The molecule has 0 aliphatic carbocycles. The van der Waals surface area contributed by atoms with Crippen molar-refractivity contribution in [2.24, 2.45) is 4.99 Å². The van der Waals surface area contributed by atoms with Crippen LogP contribution in [0.25, 0.3) is 22.0 Å². The van der Waals surface area contributed by atoms with Gasteiger partial charge in [0.05, 0.1) is 0 Å². The number of rotatable bonds is 5. The minimum atomic E-state index is -0.867. The number of aromatic nitrogens is 1. The molecule has 1 aliphatic heterocycles. The number of aliphatic carboxylic acids is 1. The largest absolute Gasteiger partial charge is 0.480 e. The first-order valence-electron chi connectivity index (χ1n) is 10.5. The van der Waals surface area contributed by atoms with Crippen molar-refractivity contribution in [2.75, 3.05) is 0 Å². The summed E-state index contributed by atoms with van der Waals surface area (Å²) in [5.41, 5.74) is 10.5. The molecule has 6 heteroatoms. The fraction of sp³-hybridized carbons (Fsp3) is 0.154. The highest BCUT2D eigenvalue weighted by Crippen LogP contribution is 2.31. The summed E-state index contributed by atoms with van der Waals surface area (Å²) in [5.74, 6) is -0.211. The summed E-state index contributed by atoms with van der Waals surface area (Å²) in [4.78, 5) is 21.5. The summed E-state index contributed by atoms with van der Waals surface area (Å²) in [5, 5.41) is 10.0. The zero-order valence-electron chi connectivity index (χ0n) is 17.9. The molecule has 4 aromatic rings. The first-order valence-corrected chi connectivity index (χ1v) is 10.5. The topological polar surface area (TPSA) is 75.9 Å². The standard InChI is InChI=1S/C26H23N3O3/c1-16-5-3-4-6-21(16)22-9-7-20(13-17(22)2)26-27-25(28-32-26)19-8-10-23-18(14-19)11-12-29(23)15-24(30)31/h3-14,26H,15H2,1-2H3,(H,27,28)(H,30,31). The highest BCUT2D eigenvalue weighted by Gasteiger charge is 2.22. The normalized spacial score (nSPS) is 15.6. The molecule has 0 radical (unpaired) electrons. The average molecular weight is 425 g/mol. The Balaban J connectivity index is 1.41. The average Bonchev–Trinajstić information content (AvgIpc) is 3.41. The Morgan fingerprint density at radius 2 is 1.84 bits per heavy atom. The third kappa shape index (κ3) is 3.65. The molecule has 1 aromatic heterocycles. The Hall–Kier alpha value is -3.90. The number of nitrogens with zero attached hydrogens (tertiary/aromatic N) is 2. The Morgan fingerprint density at radius 1 is 1.03 bits per heavy atom. The zero-order valence-corrected chi connectivity index (χ0v) is 17.9. The predicted octanol–water partition coefficient (Wildman–Crippen LogP) is 4.99. The van der Waals surface area contributed by atoms with E-state index in [-0.39, 0.29) is 6.54 Å². The van der Waals surface area contributed by atoms with Gasteiger partial charge in [-0.15, -0.1) is 0 Å². The Kier molecular flexibility index (Phi) is 4.99. The summed E-state index contributed by atoms with van der Waals surface area (Å²) in [6.45, 7) is 4.16. The van der Waals surface area contributed by atoms with Gasteiger partial charge in [0.2, 0.25) is 6.23 Å². The smallest absolute Gasteiger partial charge is 0.323 e. The van der Waals surface area contributed by atoms with E-state index in [1.165, 1.54) is 22.3 Å². The van der Waals surface area contributed by atoms with Crippen LogP contribution in [0.5, 0.6) is 0 Å². The quantitative estimate of drug-likeness (QED) is 0.472. The molecular formula is C26H23N3O3. The second-order valence-electron chi connectivity index (χ2n) is 8.05. The van der Waals surface area contributed by atoms with Crippen molar-refractivity contribution < 1.29 is 14.7 Å². The first-order chi connectivity index (χ1) is 15.5. The van der Waals surface area contributed by atoms with Crippen molar-refractivity contribution in [1.82, 2.24) is 10.0 Å². The summed E-state index contributed by atoms with van der Waals surface area (Å²) in [6.07, 6.45) is 1.35. The van der Waals surface area contributed by atoms with E-state index >= 15 is 0 Å². The van der Waals surface area contributed by atoms with E-state index in [2.05, 4.69) is 61.8 Å². The van der Waals surface area contributed by atoms with Crippen molar-refractivity contribution >= 4 is 22.7 Å². The minimum Gasteiger partial charge on any atom is -0.480 e. The fourth-order valence-electron chi connectivity index (χ4n) is 4.21. The lowest BCUT2D eigenvalue weighted by Gasteiger charge is -2.12. The number of hydrogen-bond donors (Lipinski definition) is 2. The van der Waals surface area contributed by atoms with Crippen LogP contribution in [-0.2, 0) is 16.2 Å². The fourth-order valence-corrected chi connectivity index (χ4v) is 4.21. The van der Waals surface area contributed by atoms with Gasteiger partial charge in [-0.3, -0.25) is 4.79 Å². The van der Waals surface area contributed by atoms with Gasteiger partial charge in [0.1, 0.15) is 6.54 Å². The monoisotopic (exact) mass is 425 g/mol. The van der Waals surface area contributed by atoms with Crippen LogP contribution >= 0.6 is 0 Å². The number of benzene rings is 3. The van der Waals surface area contributed by atoms with Crippen LogP contribution in [-0.4, -0.2) is 21.5 Å². The second kappa shape index (κ2) is 7.98. The predicted molar refractivity (Wildman–Crippen MR) is 124 cm³/mol. The van der Waals surface area contributed by atoms with Crippen molar-refractivity contribution in [3.8, 4) is 11.1 Å². The number of nitrogens with one attached hydrogen (secondary N) is 1. The zero-order chi connectivity index (χ0) is 22.2. The molecule has 1 atom stereocenters. The van der Waals surface area contributed by atoms with Crippen molar-refractivity contribution in [2.45, 2.75) is 26.6 Å². The van der Waals surface area contributed by atoms with Gasteiger partial charge in [0.15, 0.2) is 5.84 Å². The van der Waals surface area contributed by atoms with E-state index in [4.69, 9.17) is 14.9 Å². The number of aliphatic imine (C=N–C) groups is 1. The van der Waals surface area contributed by atoms with Crippen molar-refractivity contribution in [3.63, 3.8) is 0 Å². The lowest BCUT2D eigenvalue weighted by Crippen LogP contribution is -2.18. The molecule has 0 amide bonds. The minimum absolute atomic E-state index is 0.0644. The van der Waals surface area contributed by atoms with E-state index in [0.717, 1.165) is 22.0 Å². The maximum absolute atomic E-state index is 11.0. The van der Waals surface area contributed by atoms with Crippen LogP contribution in [0.4, 0.5) is 0 Å². The summed E-state index contributed by atoms with van der Waals surface area (Å²) >= 11 is 0. The number of carboxylic acid groups (broad SMARTS) is 1. The molecule has 32 heavy (non-hydrogen) atoms. The summed E-state index contributed by atoms with van der Waals surface area (Å²) in [6, 6.07) is 22.4. The number of hydrogen-bond acceptors (Lipinski definition) is 4. The molecule has 0 fully saturated rings. The molecular weight excluding hydrogens is 402 g/mol. The van der Waals surface area contributed by atoms with Crippen LogP contribution in [0.2, 0.25) is 0 Å². The van der Waals surface area contributed by atoms with E-state index < -0.39 is 12.2 Å². The maximum atomic E-state index is 11.0. The Morgan fingerprint density at radius 3 is 2.62 bits per heavy atom. The molecule has 2 N–H and O–H groups in total. The van der Waals surface area contributed by atoms with Gasteiger partial charge in [-0.05, 0) is 60.4 Å². The highest BCUT2D eigenvalue weighted by atomic mass is 16.7. The van der Waals surface area contributed by atoms with Crippen molar-refractivity contribution in [3.05, 3.63) is 95.2 Å². The van der Waals surface area contributed by atoms with E-state index in [1.807, 2.05) is 24.3 Å². The van der Waals surface area contributed by atoms with Crippen LogP contribution < -0.4 is 5.48 Å². The van der Waals surface area contributed by atoms with Gasteiger partial charge in [0, 0.05) is 28.2 Å². The molecule has 3 aromatic carbocycles. The molecule has 0 bridgehead atoms. The molecule has 1 aliphatic rings. The molecule has 0 saturated carbocycles. The van der Waals surface area contributed by atoms with Crippen LogP contribution in [0.15, 0.2) is 77.9 Å². The van der Waals surface area contributed by atoms with E-state index in [0.29, 0.717) is 5.84 Å². The summed E-state index contributed by atoms with van der Waals surface area (Å²) in [7, 11) is 0. The number of carboxylic acids is 1. The van der Waals surface area contributed by atoms with Crippen molar-refractivity contribution in [1.29, 1.82) is 0 Å². The lowest BCUT2D eigenvalue weighted by atomic mass is 9.95. The number of fused-ring (bicyclic) bond motifs is 1. The molecule has 5 rings (SSSR count). The second-order valence-corrected chi connectivity index (χ2v) is 8.05. The van der Waals surface area contributed by atoms with Gasteiger partial charge in [-0.25, -0.2) is 15.3 Å². The maximum Gasteiger partial charge on any atom is 0.323 e.